The van der Waals surface area contributed by atoms with Gasteiger partial charge in [-0.2, -0.15) is 0 Å². The van der Waals surface area contributed by atoms with E-state index in [4.69, 9.17) is 0 Å². The molecule has 1 aromatic carbocycles. The Bertz CT molecular complexity index is 443. The molecule has 15 heavy (non-hydrogen) atoms. The first-order valence-electron chi connectivity index (χ1n) is 4.73. The lowest BCUT2D eigenvalue weighted by atomic mass is 10.3. The fourth-order valence-corrected chi connectivity index (χ4v) is 3.74. The summed E-state index contributed by atoms with van der Waals surface area (Å²) >= 11 is 8.64. The molecule has 1 aromatic rings. The molecule has 1 fully saturated rings. The van der Waals surface area contributed by atoms with Gasteiger partial charge >= 0.3 is 0 Å². The molecule has 2 nitrogen and oxygen atoms in total. The van der Waals surface area contributed by atoms with E-state index < -0.39 is 0 Å². The van der Waals surface area contributed by atoms with Crippen LogP contribution in [0.25, 0.3) is 0 Å². The molecule has 2 aliphatic rings. The van der Waals surface area contributed by atoms with Crippen molar-refractivity contribution in [2.24, 2.45) is 4.40 Å². The molecule has 0 spiro atoms. The molecule has 0 N–H and O–H groups in total. The Morgan fingerprint density at radius 1 is 1.33 bits per heavy atom. The number of rotatable bonds is 1. The lowest BCUT2D eigenvalue weighted by Gasteiger charge is -2.25. The number of benzene rings is 1. The zero-order valence-corrected chi connectivity index (χ0v) is 11.8. The number of hydrogen-bond donors (Lipinski definition) is 0. The van der Waals surface area contributed by atoms with E-state index in [9.17, 15) is 0 Å². The first-order valence-corrected chi connectivity index (χ1v) is 7.09. The molecule has 0 bridgehead atoms. The van der Waals surface area contributed by atoms with Crippen molar-refractivity contribution in [1.82, 2.24) is 0 Å². The van der Waals surface area contributed by atoms with Crippen molar-refractivity contribution in [2.75, 3.05) is 4.90 Å². The second-order valence-electron chi connectivity index (χ2n) is 3.69. The number of anilines is 1. The van der Waals surface area contributed by atoms with Gasteiger partial charge in [-0.15, -0.1) is 0 Å². The Kier molecular flexibility index (Phi) is 2.57. The van der Waals surface area contributed by atoms with Gasteiger partial charge in [0, 0.05) is 26.9 Å². The van der Waals surface area contributed by atoms with Crippen LogP contribution in [-0.4, -0.2) is 12.4 Å². The Balaban J connectivity index is 2.12. The highest BCUT2D eigenvalue weighted by atomic mass is 79.9. The molecule has 0 saturated heterocycles. The van der Waals surface area contributed by atoms with Crippen LogP contribution < -0.4 is 4.90 Å². The SMILES string of the molecule is Brc1cc(Br)c2c(c1)N(C1CC1)C=NS2. The van der Waals surface area contributed by atoms with E-state index in [1.54, 1.807) is 0 Å². The predicted octanol–water partition coefficient (Wildman–Crippen LogP) is 4.23. The van der Waals surface area contributed by atoms with Crippen LogP contribution >= 0.6 is 43.8 Å². The van der Waals surface area contributed by atoms with E-state index in [-0.39, 0.29) is 0 Å². The van der Waals surface area contributed by atoms with Gasteiger partial charge in [-0.3, -0.25) is 0 Å². The van der Waals surface area contributed by atoms with Crippen LogP contribution in [0.3, 0.4) is 0 Å². The smallest absolute Gasteiger partial charge is 0.104 e. The summed E-state index contributed by atoms with van der Waals surface area (Å²) in [5.41, 5.74) is 1.26. The van der Waals surface area contributed by atoms with Gasteiger partial charge in [-0.1, -0.05) is 15.9 Å². The molecule has 1 aliphatic carbocycles. The van der Waals surface area contributed by atoms with Gasteiger partial charge < -0.3 is 4.90 Å². The van der Waals surface area contributed by atoms with Crippen LogP contribution in [-0.2, 0) is 0 Å². The number of fused-ring (bicyclic) bond motifs is 1. The Labute approximate surface area is 110 Å². The normalized spacial score (nSPS) is 19.2. The summed E-state index contributed by atoms with van der Waals surface area (Å²) in [5.74, 6) is 0. The van der Waals surface area contributed by atoms with E-state index in [2.05, 4.69) is 53.3 Å². The first-order chi connectivity index (χ1) is 7.25. The van der Waals surface area contributed by atoms with Crippen molar-refractivity contribution in [1.29, 1.82) is 0 Å². The second-order valence-corrected chi connectivity index (χ2v) is 6.26. The van der Waals surface area contributed by atoms with Crippen LogP contribution in [0.1, 0.15) is 12.8 Å². The summed E-state index contributed by atoms with van der Waals surface area (Å²) in [4.78, 5) is 3.49. The third-order valence-electron chi connectivity index (χ3n) is 2.52. The lowest BCUT2D eigenvalue weighted by molar-refractivity contribution is 0.993. The van der Waals surface area contributed by atoms with Gasteiger partial charge in [0.05, 0.1) is 10.6 Å². The first kappa shape index (κ1) is 10.2. The Morgan fingerprint density at radius 3 is 2.87 bits per heavy atom. The van der Waals surface area contributed by atoms with E-state index in [1.807, 2.05) is 6.34 Å². The minimum absolute atomic E-state index is 0.662. The summed E-state index contributed by atoms with van der Waals surface area (Å²) in [6.07, 6.45) is 4.50. The molecule has 5 heteroatoms. The topological polar surface area (TPSA) is 15.6 Å². The van der Waals surface area contributed by atoms with Crippen LogP contribution in [0.5, 0.6) is 0 Å². The summed E-state index contributed by atoms with van der Waals surface area (Å²) in [6, 6.07) is 4.89. The highest BCUT2D eigenvalue weighted by molar-refractivity contribution is 9.11. The van der Waals surface area contributed by atoms with Crippen molar-refractivity contribution in [3.05, 3.63) is 21.1 Å². The van der Waals surface area contributed by atoms with Gasteiger partial charge in [-0.25, -0.2) is 4.40 Å². The van der Waals surface area contributed by atoms with Crippen molar-refractivity contribution < 1.29 is 0 Å². The maximum Gasteiger partial charge on any atom is 0.104 e. The zero-order valence-electron chi connectivity index (χ0n) is 7.78. The monoisotopic (exact) mass is 346 g/mol. The van der Waals surface area contributed by atoms with Crippen molar-refractivity contribution in [2.45, 2.75) is 23.8 Å². The fourth-order valence-electron chi connectivity index (χ4n) is 1.66. The summed E-state index contributed by atoms with van der Waals surface area (Å²) in [7, 11) is 0. The molecule has 0 amide bonds. The highest BCUT2D eigenvalue weighted by Crippen LogP contribution is 2.44. The second kappa shape index (κ2) is 3.79. The molecular weight excluding hydrogens is 340 g/mol. The number of hydrogen-bond acceptors (Lipinski definition) is 3. The molecule has 0 atom stereocenters. The molecule has 1 aliphatic heterocycles. The molecular formula is C10H8Br2N2S. The van der Waals surface area contributed by atoms with Crippen LogP contribution in [0, 0.1) is 0 Å². The highest BCUT2D eigenvalue weighted by Gasteiger charge is 2.32. The van der Waals surface area contributed by atoms with Gasteiger partial charge in [0.15, 0.2) is 0 Å². The lowest BCUT2D eigenvalue weighted by Crippen LogP contribution is -2.25. The molecule has 1 saturated carbocycles. The maximum atomic E-state index is 4.32. The average Bonchev–Trinajstić information content (AvgIpc) is 3.00. The van der Waals surface area contributed by atoms with Crippen LogP contribution in [0.4, 0.5) is 5.69 Å². The largest absolute Gasteiger partial charge is 0.328 e. The van der Waals surface area contributed by atoms with E-state index in [0.29, 0.717) is 6.04 Å². The third-order valence-corrected chi connectivity index (χ3v) is 4.68. The minimum atomic E-state index is 0.662. The molecule has 78 valence electrons. The van der Waals surface area contributed by atoms with E-state index in [0.717, 1.165) is 8.95 Å². The average molecular weight is 348 g/mol. The molecule has 1 heterocycles. The number of halogens is 2. The quantitative estimate of drug-likeness (QED) is 0.706. The summed E-state index contributed by atoms with van der Waals surface area (Å²) < 4.78 is 6.54. The van der Waals surface area contributed by atoms with Crippen LogP contribution in [0.15, 0.2) is 30.4 Å². The fraction of sp³-hybridized carbons (Fsp3) is 0.300. The maximum absolute atomic E-state index is 4.32. The van der Waals surface area contributed by atoms with E-state index >= 15 is 0 Å². The Hall–Kier alpha value is -0.000000000000000111. The minimum Gasteiger partial charge on any atom is -0.328 e. The predicted molar refractivity (Wildman–Crippen MR) is 71.7 cm³/mol. The molecule has 0 aromatic heterocycles. The van der Waals surface area contributed by atoms with Gasteiger partial charge in [0.2, 0.25) is 0 Å². The molecule has 0 unspecified atom stereocenters. The number of nitrogens with zero attached hydrogens (tertiary/aromatic N) is 2. The van der Waals surface area contributed by atoms with E-state index in [1.165, 1.54) is 35.4 Å². The van der Waals surface area contributed by atoms with Crippen molar-refractivity contribution in [3.63, 3.8) is 0 Å². The zero-order chi connectivity index (χ0) is 10.4. The third kappa shape index (κ3) is 1.85. The van der Waals surface area contributed by atoms with Crippen LogP contribution in [0.2, 0.25) is 0 Å². The molecule has 0 radical (unpaired) electrons. The van der Waals surface area contributed by atoms with Crippen molar-refractivity contribution in [3.8, 4) is 0 Å². The van der Waals surface area contributed by atoms with Gasteiger partial charge in [-0.05, 0) is 40.9 Å². The van der Waals surface area contributed by atoms with Gasteiger partial charge in [0.1, 0.15) is 6.34 Å². The summed E-state index contributed by atoms with van der Waals surface area (Å²) in [6.45, 7) is 0. The molecule has 3 rings (SSSR count). The van der Waals surface area contributed by atoms with Gasteiger partial charge in [0.25, 0.3) is 0 Å². The van der Waals surface area contributed by atoms with Crippen molar-refractivity contribution >= 4 is 55.8 Å². The standard InChI is InChI=1S/C10H8Br2N2S/c11-6-3-8(12)10-9(4-6)14(5-13-15-10)7-1-2-7/h3-5,7H,1-2H2. The summed E-state index contributed by atoms with van der Waals surface area (Å²) in [5, 5.41) is 0. The Morgan fingerprint density at radius 2 is 2.13 bits per heavy atom.